The van der Waals surface area contributed by atoms with E-state index in [0.29, 0.717) is 15.9 Å². The van der Waals surface area contributed by atoms with E-state index >= 15 is 0 Å². The second-order valence-electron chi connectivity index (χ2n) is 6.77. The van der Waals surface area contributed by atoms with Crippen LogP contribution in [0.15, 0.2) is 42.6 Å². The Morgan fingerprint density at radius 2 is 1.81 bits per heavy atom. The first-order chi connectivity index (χ1) is 12.2. The normalized spacial score (nSPS) is 11.5. The summed E-state index contributed by atoms with van der Waals surface area (Å²) in [5.74, 6) is -1.09. The SMILES string of the molecule is CC(=O)NC(C)(C)c1ccc(-c2cc3c(C(=O)O)c[nH]c3cc2Cl)cc1. The lowest BCUT2D eigenvalue weighted by molar-refractivity contribution is -0.120. The molecule has 0 fully saturated rings. The number of aromatic amines is 1. The molecule has 3 rings (SSSR count). The number of aromatic nitrogens is 1. The highest BCUT2D eigenvalue weighted by Gasteiger charge is 2.21. The highest BCUT2D eigenvalue weighted by atomic mass is 35.5. The third-order valence-electron chi connectivity index (χ3n) is 4.41. The maximum Gasteiger partial charge on any atom is 0.337 e. The van der Waals surface area contributed by atoms with E-state index in [1.165, 1.54) is 13.1 Å². The van der Waals surface area contributed by atoms with Crippen LogP contribution in [0.5, 0.6) is 0 Å². The van der Waals surface area contributed by atoms with Crippen LogP contribution in [0, 0.1) is 0 Å². The predicted octanol–water partition coefficient (Wildman–Crippen LogP) is 4.56. The van der Waals surface area contributed by atoms with Crippen molar-refractivity contribution in [2.75, 3.05) is 0 Å². The highest BCUT2D eigenvalue weighted by molar-refractivity contribution is 6.34. The zero-order chi connectivity index (χ0) is 19.1. The molecule has 0 unspecified atom stereocenters. The van der Waals surface area contributed by atoms with Gasteiger partial charge >= 0.3 is 5.97 Å². The number of benzene rings is 2. The van der Waals surface area contributed by atoms with Gasteiger partial charge in [-0.2, -0.15) is 0 Å². The molecule has 5 nitrogen and oxygen atoms in total. The van der Waals surface area contributed by atoms with E-state index in [1.54, 1.807) is 12.1 Å². The quantitative estimate of drug-likeness (QED) is 0.629. The molecule has 3 aromatic rings. The van der Waals surface area contributed by atoms with Gasteiger partial charge in [-0.1, -0.05) is 35.9 Å². The number of fused-ring (bicyclic) bond motifs is 1. The molecule has 0 aliphatic carbocycles. The number of aromatic carboxylic acids is 1. The number of rotatable bonds is 4. The van der Waals surface area contributed by atoms with Crippen LogP contribution < -0.4 is 5.32 Å². The fraction of sp³-hybridized carbons (Fsp3) is 0.200. The molecule has 0 spiro atoms. The molecular weight excluding hydrogens is 352 g/mol. The molecule has 0 saturated carbocycles. The average molecular weight is 371 g/mol. The molecule has 3 N–H and O–H groups in total. The van der Waals surface area contributed by atoms with Crippen molar-refractivity contribution in [3.8, 4) is 11.1 Å². The van der Waals surface area contributed by atoms with Gasteiger partial charge in [0.15, 0.2) is 0 Å². The first-order valence-electron chi connectivity index (χ1n) is 8.12. The van der Waals surface area contributed by atoms with Crippen LogP contribution in [-0.4, -0.2) is 22.0 Å². The molecule has 0 saturated heterocycles. The molecule has 26 heavy (non-hydrogen) atoms. The fourth-order valence-electron chi connectivity index (χ4n) is 3.12. The number of hydrogen-bond donors (Lipinski definition) is 3. The zero-order valence-corrected chi connectivity index (χ0v) is 15.4. The summed E-state index contributed by atoms with van der Waals surface area (Å²) < 4.78 is 0. The molecule has 0 bridgehead atoms. The van der Waals surface area contributed by atoms with Crippen molar-refractivity contribution in [3.63, 3.8) is 0 Å². The number of H-pyrrole nitrogens is 1. The maximum atomic E-state index is 11.4. The molecule has 134 valence electrons. The van der Waals surface area contributed by atoms with Gasteiger partial charge in [-0.3, -0.25) is 4.79 Å². The molecule has 2 aromatic carbocycles. The Morgan fingerprint density at radius 1 is 1.15 bits per heavy atom. The first-order valence-corrected chi connectivity index (χ1v) is 8.50. The summed E-state index contributed by atoms with van der Waals surface area (Å²) in [6.45, 7) is 5.35. The smallest absolute Gasteiger partial charge is 0.337 e. The Bertz CT molecular complexity index is 1000. The van der Waals surface area contributed by atoms with E-state index in [9.17, 15) is 14.7 Å². The first kappa shape index (κ1) is 18.0. The van der Waals surface area contributed by atoms with Gasteiger partial charge in [-0.25, -0.2) is 4.79 Å². The molecular formula is C20H19ClN2O3. The number of amides is 1. The molecule has 0 atom stereocenters. The van der Waals surface area contributed by atoms with Crippen LogP contribution >= 0.6 is 11.6 Å². The monoisotopic (exact) mass is 370 g/mol. The van der Waals surface area contributed by atoms with Crippen LogP contribution in [-0.2, 0) is 10.3 Å². The van der Waals surface area contributed by atoms with E-state index in [0.717, 1.165) is 16.7 Å². The lowest BCUT2D eigenvalue weighted by atomic mass is 9.92. The summed E-state index contributed by atoms with van der Waals surface area (Å²) in [5, 5.41) is 13.4. The molecule has 6 heteroatoms. The lowest BCUT2D eigenvalue weighted by Gasteiger charge is -2.26. The summed E-state index contributed by atoms with van der Waals surface area (Å²) in [4.78, 5) is 25.7. The second kappa shape index (κ2) is 6.50. The van der Waals surface area contributed by atoms with Gasteiger partial charge in [0.05, 0.1) is 16.1 Å². The van der Waals surface area contributed by atoms with Crippen LogP contribution in [0.4, 0.5) is 0 Å². The Kier molecular flexibility index (Phi) is 4.50. The minimum atomic E-state index is -0.989. The van der Waals surface area contributed by atoms with Crippen molar-refractivity contribution in [1.29, 1.82) is 0 Å². The molecule has 1 amide bonds. The predicted molar refractivity (Wildman–Crippen MR) is 103 cm³/mol. The Hall–Kier alpha value is -2.79. The molecule has 1 heterocycles. The summed E-state index contributed by atoms with van der Waals surface area (Å²) in [7, 11) is 0. The molecule has 0 radical (unpaired) electrons. The number of carboxylic acid groups (broad SMARTS) is 1. The van der Waals surface area contributed by atoms with Gasteiger partial charge in [0.2, 0.25) is 5.91 Å². The summed E-state index contributed by atoms with van der Waals surface area (Å²) >= 11 is 6.40. The van der Waals surface area contributed by atoms with E-state index in [1.807, 2.05) is 38.1 Å². The van der Waals surface area contributed by atoms with Crippen LogP contribution in [0.1, 0.15) is 36.7 Å². The number of halogens is 1. The van der Waals surface area contributed by atoms with E-state index in [-0.39, 0.29) is 11.5 Å². The number of carbonyl (C=O) groups excluding carboxylic acids is 1. The number of carbonyl (C=O) groups is 2. The molecule has 0 aliphatic rings. The second-order valence-corrected chi connectivity index (χ2v) is 7.18. The lowest BCUT2D eigenvalue weighted by Crippen LogP contribution is -2.39. The van der Waals surface area contributed by atoms with Crippen molar-refractivity contribution >= 4 is 34.4 Å². The van der Waals surface area contributed by atoms with Gasteiger partial charge in [-0.05, 0) is 37.1 Å². The number of hydrogen-bond acceptors (Lipinski definition) is 2. The van der Waals surface area contributed by atoms with Crippen molar-refractivity contribution in [2.45, 2.75) is 26.3 Å². The van der Waals surface area contributed by atoms with Crippen LogP contribution in [0.25, 0.3) is 22.0 Å². The van der Waals surface area contributed by atoms with E-state index in [4.69, 9.17) is 11.6 Å². The number of nitrogens with one attached hydrogen (secondary N) is 2. The van der Waals surface area contributed by atoms with E-state index < -0.39 is 11.5 Å². The van der Waals surface area contributed by atoms with Gasteiger partial charge in [0, 0.05) is 29.6 Å². The standard InChI is InChI=1S/C20H19ClN2O3/c1-11(24)23-20(2,3)13-6-4-12(5-7-13)14-8-15-16(19(25)26)10-22-18(15)9-17(14)21/h4-10,22H,1-3H3,(H,23,24)(H,25,26). The summed E-state index contributed by atoms with van der Waals surface area (Å²) in [6, 6.07) is 11.2. The Morgan fingerprint density at radius 3 is 2.38 bits per heavy atom. The Balaban J connectivity index is 2.04. The van der Waals surface area contributed by atoms with Crippen molar-refractivity contribution in [2.24, 2.45) is 0 Å². The van der Waals surface area contributed by atoms with Crippen molar-refractivity contribution in [3.05, 3.63) is 58.7 Å². The van der Waals surface area contributed by atoms with E-state index in [2.05, 4.69) is 10.3 Å². The minimum absolute atomic E-state index is 0.0961. The molecule has 0 aliphatic heterocycles. The van der Waals surface area contributed by atoms with Gasteiger partial charge in [0.25, 0.3) is 0 Å². The third kappa shape index (κ3) is 3.30. The van der Waals surface area contributed by atoms with Gasteiger partial charge in [-0.15, -0.1) is 0 Å². The highest BCUT2D eigenvalue weighted by Crippen LogP contribution is 2.34. The Labute approximate surface area is 156 Å². The van der Waals surface area contributed by atoms with Gasteiger partial charge < -0.3 is 15.4 Å². The summed E-state index contributed by atoms with van der Waals surface area (Å²) in [5.41, 5.74) is 2.99. The van der Waals surface area contributed by atoms with Crippen LogP contribution in [0.2, 0.25) is 5.02 Å². The average Bonchev–Trinajstić information content (AvgIpc) is 2.96. The van der Waals surface area contributed by atoms with Gasteiger partial charge in [0.1, 0.15) is 0 Å². The maximum absolute atomic E-state index is 11.4. The van der Waals surface area contributed by atoms with Crippen molar-refractivity contribution < 1.29 is 14.7 Å². The largest absolute Gasteiger partial charge is 0.478 e. The zero-order valence-electron chi connectivity index (χ0n) is 14.7. The van der Waals surface area contributed by atoms with Crippen LogP contribution in [0.3, 0.4) is 0 Å². The molecule has 1 aromatic heterocycles. The van der Waals surface area contributed by atoms with Crippen molar-refractivity contribution in [1.82, 2.24) is 10.3 Å². The topological polar surface area (TPSA) is 82.2 Å². The number of carboxylic acids is 1. The minimum Gasteiger partial charge on any atom is -0.478 e. The third-order valence-corrected chi connectivity index (χ3v) is 4.72. The summed E-state index contributed by atoms with van der Waals surface area (Å²) in [6.07, 6.45) is 1.46. The fourth-order valence-corrected chi connectivity index (χ4v) is 3.39.